The van der Waals surface area contributed by atoms with Crippen LogP contribution in [0.1, 0.15) is 20.8 Å². The van der Waals surface area contributed by atoms with Gasteiger partial charge in [0.2, 0.25) is 0 Å². The fourth-order valence-corrected chi connectivity index (χ4v) is 3.14. The minimum absolute atomic E-state index is 0.424. The highest BCUT2D eigenvalue weighted by molar-refractivity contribution is 7.98. The molecule has 0 atom stereocenters. The molecule has 0 aliphatic carbocycles. The topological polar surface area (TPSA) is 81.9 Å². The van der Waals surface area contributed by atoms with Crippen molar-refractivity contribution in [2.24, 2.45) is 0 Å². The number of carbonyl (C=O) groups excluding carboxylic acids is 1. The Morgan fingerprint density at radius 2 is 2.12 bits per heavy atom. The van der Waals surface area contributed by atoms with Crippen LogP contribution in [0.25, 0.3) is 22.1 Å². The van der Waals surface area contributed by atoms with Gasteiger partial charge in [-0.1, -0.05) is 11.8 Å². The lowest BCUT2D eigenvalue weighted by molar-refractivity contribution is 0.0526. The molecular formula is C17H21N5O2S. The fourth-order valence-electron chi connectivity index (χ4n) is 2.55. The lowest BCUT2D eigenvalue weighted by Gasteiger charge is -2.19. The van der Waals surface area contributed by atoms with Gasteiger partial charge in [0.25, 0.3) is 0 Å². The molecule has 3 rings (SSSR count). The van der Waals surface area contributed by atoms with E-state index in [0.29, 0.717) is 13.1 Å². The number of thioether (sulfide) groups is 1. The number of amides is 1. The number of pyridine rings is 2. The molecule has 1 N–H and O–H groups in total. The number of ether oxygens (including phenoxy) is 1. The van der Waals surface area contributed by atoms with Crippen molar-refractivity contribution in [1.29, 1.82) is 0 Å². The third-order valence-electron chi connectivity index (χ3n) is 3.48. The first kappa shape index (κ1) is 17.5. The fraction of sp³-hybridized carbons (Fsp3) is 0.412. The summed E-state index contributed by atoms with van der Waals surface area (Å²) in [6, 6.07) is 3.79. The van der Waals surface area contributed by atoms with Crippen molar-refractivity contribution in [3.63, 3.8) is 0 Å². The van der Waals surface area contributed by atoms with Crippen molar-refractivity contribution in [3.8, 4) is 0 Å². The number of rotatable bonds is 4. The molecule has 0 aromatic carbocycles. The minimum Gasteiger partial charge on any atom is -0.444 e. The number of hydrogen-bond acceptors (Lipinski definition) is 6. The molecule has 25 heavy (non-hydrogen) atoms. The van der Waals surface area contributed by atoms with Gasteiger partial charge < -0.3 is 14.6 Å². The molecule has 0 aliphatic rings. The largest absolute Gasteiger partial charge is 0.444 e. The zero-order valence-corrected chi connectivity index (χ0v) is 15.6. The molecule has 3 aromatic heterocycles. The van der Waals surface area contributed by atoms with Crippen LogP contribution in [-0.4, -0.2) is 44.0 Å². The van der Waals surface area contributed by atoms with Crippen LogP contribution in [0, 0.1) is 0 Å². The molecule has 3 aromatic rings. The summed E-state index contributed by atoms with van der Waals surface area (Å²) in [5.41, 5.74) is 2.85. The Hall–Kier alpha value is -2.35. The standard InChI is InChI=1S/C17H21N5O2S/c1-17(2,3)24-16(23)19-8-9-22-14-12(21-15(22)25-4)10-20-11-6-5-7-18-13(11)14/h5-7,10H,8-9H2,1-4H3,(H,19,23). The first-order valence-corrected chi connectivity index (χ1v) is 9.22. The minimum atomic E-state index is -0.512. The number of fused-ring (bicyclic) bond motifs is 3. The quantitative estimate of drug-likeness (QED) is 0.720. The molecule has 132 valence electrons. The maximum Gasteiger partial charge on any atom is 0.407 e. The second-order valence-corrected chi connectivity index (χ2v) is 7.32. The molecule has 0 spiro atoms. The van der Waals surface area contributed by atoms with Crippen LogP contribution < -0.4 is 5.32 Å². The first-order valence-electron chi connectivity index (χ1n) is 8.00. The Balaban J connectivity index is 1.87. The van der Waals surface area contributed by atoms with Crippen molar-refractivity contribution in [1.82, 2.24) is 24.8 Å². The van der Waals surface area contributed by atoms with Gasteiger partial charge in [-0.25, -0.2) is 9.78 Å². The Labute approximate surface area is 150 Å². The second-order valence-electron chi connectivity index (χ2n) is 6.54. The van der Waals surface area contributed by atoms with Crippen LogP contribution in [-0.2, 0) is 11.3 Å². The van der Waals surface area contributed by atoms with Crippen LogP contribution in [0.4, 0.5) is 4.79 Å². The number of alkyl carbamates (subject to hydrolysis) is 1. The Kier molecular flexibility index (Phi) is 4.80. The van der Waals surface area contributed by atoms with Gasteiger partial charge in [-0.2, -0.15) is 0 Å². The van der Waals surface area contributed by atoms with E-state index in [4.69, 9.17) is 4.74 Å². The van der Waals surface area contributed by atoms with E-state index in [1.165, 1.54) is 0 Å². The van der Waals surface area contributed by atoms with Crippen molar-refractivity contribution >= 4 is 39.9 Å². The molecule has 1 amide bonds. The number of nitrogens with one attached hydrogen (secondary N) is 1. The monoisotopic (exact) mass is 359 g/mol. The van der Waals surface area contributed by atoms with Gasteiger partial charge in [0.15, 0.2) is 5.16 Å². The van der Waals surface area contributed by atoms with Crippen LogP contribution in [0.2, 0.25) is 0 Å². The summed E-state index contributed by atoms with van der Waals surface area (Å²) in [6.45, 7) is 6.53. The average Bonchev–Trinajstić information content (AvgIpc) is 2.91. The van der Waals surface area contributed by atoms with E-state index in [2.05, 4.69) is 24.8 Å². The normalized spacial score (nSPS) is 11.8. The molecule has 0 radical (unpaired) electrons. The van der Waals surface area contributed by atoms with Gasteiger partial charge in [0.05, 0.1) is 17.2 Å². The van der Waals surface area contributed by atoms with E-state index in [1.54, 1.807) is 24.2 Å². The Morgan fingerprint density at radius 1 is 1.32 bits per heavy atom. The summed E-state index contributed by atoms with van der Waals surface area (Å²) in [6.07, 6.45) is 5.06. The SMILES string of the molecule is CSc1nc2cnc3cccnc3c2n1CCNC(=O)OC(C)(C)C. The predicted molar refractivity (Wildman–Crippen MR) is 98.8 cm³/mol. The molecule has 0 saturated carbocycles. The highest BCUT2D eigenvalue weighted by Crippen LogP contribution is 2.26. The Bertz CT molecular complexity index is 916. The summed E-state index contributed by atoms with van der Waals surface area (Å²) in [5.74, 6) is 0. The van der Waals surface area contributed by atoms with Crippen LogP contribution in [0.3, 0.4) is 0 Å². The van der Waals surface area contributed by atoms with E-state index < -0.39 is 11.7 Å². The lowest BCUT2D eigenvalue weighted by atomic mass is 10.2. The highest BCUT2D eigenvalue weighted by atomic mass is 32.2. The number of hydrogen-bond donors (Lipinski definition) is 1. The molecule has 0 fully saturated rings. The third kappa shape index (κ3) is 3.84. The van der Waals surface area contributed by atoms with Gasteiger partial charge in [-0.3, -0.25) is 9.97 Å². The van der Waals surface area contributed by atoms with Crippen LogP contribution in [0.5, 0.6) is 0 Å². The summed E-state index contributed by atoms with van der Waals surface area (Å²) in [7, 11) is 0. The number of aromatic nitrogens is 4. The zero-order valence-electron chi connectivity index (χ0n) is 14.7. The lowest BCUT2D eigenvalue weighted by Crippen LogP contribution is -2.34. The van der Waals surface area contributed by atoms with Crippen molar-refractivity contribution in [2.45, 2.75) is 38.1 Å². The van der Waals surface area contributed by atoms with Crippen LogP contribution in [0.15, 0.2) is 29.7 Å². The van der Waals surface area contributed by atoms with Gasteiger partial charge in [0.1, 0.15) is 16.6 Å². The average molecular weight is 359 g/mol. The van der Waals surface area contributed by atoms with E-state index >= 15 is 0 Å². The second kappa shape index (κ2) is 6.87. The third-order valence-corrected chi connectivity index (χ3v) is 4.16. The number of nitrogens with zero attached hydrogens (tertiary/aromatic N) is 4. The molecule has 0 saturated heterocycles. The van der Waals surface area contributed by atoms with Crippen molar-refractivity contribution in [3.05, 3.63) is 24.5 Å². The predicted octanol–water partition coefficient (Wildman–Crippen LogP) is 3.23. The van der Waals surface area contributed by atoms with E-state index in [1.807, 2.05) is 39.2 Å². The van der Waals surface area contributed by atoms with E-state index in [9.17, 15) is 4.79 Å². The molecular weight excluding hydrogens is 338 g/mol. The van der Waals surface area contributed by atoms with E-state index in [0.717, 1.165) is 27.2 Å². The smallest absolute Gasteiger partial charge is 0.407 e. The molecule has 0 aliphatic heterocycles. The van der Waals surface area contributed by atoms with Gasteiger partial charge in [-0.05, 0) is 39.2 Å². The summed E-state index contributed by atoms with van der Waals surface area (Å²) in [4.78, 5) is 25.3. The van der Waals surface area contributed by atoms with E-state index in [-0.39, 0.29) is 0 Å². The van der Waals surface area contributed by atoms with Gasteiger partial charge in [0, 0.05) is 19.3 Å². The maximum absolute atomic E-state index is 11.8. The molecule has 7 nitrogen and oxygen atoms in total. The number of carbonyl (C=O) groups is 1. The van der Waals surface area contributed by atoms with Gasteiger partial charge in [-0.15, -0.1) is 0 Å². The van der Waals surface area contributed by atoms with Gasteiger partial charge >= 0.3 is 6.09 Å². The molecule has 8 heteroatoms. The first-order chi connectivity index (χ1) is 11.9. The summed E-state index contributed by atoms with van der Waals surface area (Å²) in [5, 5.41) is 3.65. The van der Waals surface area contributed by atoms with Crippen molar-refractivity contribution in [2.75, 3.05) is 12.8 Å². The molecule has 0 unspecified atom stereocenters. The summed E-state index contributed by atoms with van der Waals surface area (Å²) < 4.78 is 7.33. The summed E-state index contributed by atoms with van der Waals surface area (Å²) >= 11 is 1.55. The molecule has 3 heterocycles. The van der Waals surface area contributed by atoms with Crippen LogP contribution >= 0.6 is 11.8 Å². The highest BCUT2D eigenvalue weighted by Gasteiger charge is 2.17. The Morgan fingerprint density at radius 3 is 2.84 bits per heavy atom. The number of imidazole rings is 1. The van der Waals surface area contributed by atoms with Crippen molar-refractivity contribution < 1.29 is 9.53 Å². The maximum atomic E-state index is 11.8. The zero-order chi connectivity index (χ0) is 18.0. The molecule has 0 bridgehead atoms.